The smallest absolute Gasteiger partial charge is 0.191 e. The molecule has 2 aliphatic heterocycles. The van der Waals surface area contributed by atoms with E-state index in [-0.39, 0.29) is 17.7 Å². The second kappa shape index (κ2) is 10.1. The predicted octanol–water partition coefficient (Wildman–Crippen LogP) is 2.48. The van der Waals surface area contributed by atoms with E-state index in [0.717, 1.165) is 50.5 Å². The third-order valence-corrected chi connectivity index (χ3v) is 5.94. The van der Waals surface area contributed by atoms with E-state index in [1.807, 2.05) is 6.07 Å². The number of benzene rings is 2. The molecule has 0 aliphatic carbocycles. The lowest BCUT2D eigenvalue weighted by atomic mass is 10.0. The molecule has 1 unspecified atom stereocenters. The minimum Gasteiger partial charge on any atom is -0.379 e. The largest absolute Gasteiger partial charge is 0.379 e. The number of halogens is 2. The van der Waals surface area contributed by atoms with Crippen molar-refractivity contribution in [2.45, 2.75) is 6.04 Å². The number of nitrogens with two attached hydrogens (primary N) is 1. The zero-order chi connectivity index (χ0) is 21.6. The molecule has 2 heterocycles. The third kappa shape index (κ3) is 5.51. The van der Waals surface area contributed by atoms with Gasteiger partial charge in [0.1, 0.15) is 11.6 Å². The molecule has 0 aromatic heterocycles. The molecule has 2 aromatic carbocycles. The molecule has 31 heavy (non-hydrogen) atoms. The molecule has 1 atom stereocenters. The summed E-state index contributed by atoms with van der Waals surface area (Å²) >= 11 is 0. The minimum absolute atomic E-state index is 0.0429. The highest BCUT2D eigenvalue weighted by molar-refractivity contribution is 5.78. The van der Waals surface area contributed by atoms with E-state index < -0.39 is 0 Å². The predicted molar refractivity (Wildman–Crippen MR) is 118 cm³/mol. The Morgan fingerprint density at radius 3 is 2.32 bits per heavy atom. The van der Waals surface area contributed by atoms with Crippen molar-refractivity contribution >= 4 is 11.6 Å². The highest BCUT2D eigenvalue weighted by Gasteiger charge is 2.24. The summed E-state index contributed by atoms with van der Waals surface area (Å²) < 4.78 is 32.5. The lowest BCUT2D eigenvalue weighted by molar-refractivity contribution is 0.0179. The quantitative estimate of drug-likeness (QED) is 0.585. The summed E-state index contributed by atoms with van der Waals surface area (Å²) in [5.74, 6) is 0.0323. The first kappa shape index (κ1) is 21.5. The maximum absolute atomic E-state index is 13.8. The average Bonchev–Trinajstić information content (AvgIpc) is 2.80. The fourth-order valence-corrected chi connectivity index (χ4v) is 4.16. The van der Waals surface area contributed by atoms with E-state index in [0.29, 0.717) is 25.7 Å². The van der Waals surface area contributed by atoms with Gasteiger partial charge in [0.15, 0.2) is 5.96 Å². The van der Waals surface area contributed by atoms with Gasteiger partial charge in [-0.15, -0.1) is 0 Å². The van der Waals surface area contributed by atoms with Gasteiger partial charge in [-0.3, -0.25) is 9.89 Å². The molecule has 8 heteroatoms. The van der Waals surface area contributed by atoms with Gasteiger partial charge in [-0.2, -0.15) is 0 Å². The lowest BCUT2D eigenvalue weighted by Gasteiger charge is -2.37. The van der Waals surface area contributed by atoms with Gasteiger partial charge in [0.2, 0.25) is 0 Å². The lowest BCUT2D eigenvalue weighted by Crippen LogP contribution is -2.51. The maximum atomic E-state index is 13.8. The van der Waals surface area contributed by atoms with Crippen LogP contribution in [0, 0.1) is 11.6 Å². The molecule has 2 aliphatic rings. The fraction of sp³-hybridized carbons (Fsp3) is 0.435. The first-order chi connectivity index (χ1) is 15.1. The molecule has 0 bridgehead atoms. The van der Waals surface area contributed by atoms with Crippen LogP contribution in [0.4, 0.5) is 14.5 Å². The van der Waals surface area contributed by atoms with Crippen LogP contribution >= 0.6 is 0 Å². The van der Waals surface area contributed by atoms with Crippen LogP contribution in [0.2, 0.25) is 0 Å². The molecule has 0 spiro atoms. The summed E-state index contributed by atoms with van der Waals surface area (Å²) in [6.07, 6.45) is 0. The van der Waals surface area contributed by atoms with Gasteiger partial charge >= 0.3 is 0 Å². The molecule has 2 saturated heterocycles. The first-order valence-corrected chi connectivity index (χ1v) is 10.7. The van der Waals surface area contributed by atoms with E-state index in [2.05, 4.69) is 19.7 Å². The van der Waals surface area contributed by atoms with Crippen LogP contribution in [0.15, 0.2) is 53.5 Å². The summed E-state index contributed by atoms with van der Waals surface area (Å²) in [5.41, 5.74) is 8.24. The number of ether oxygens (including phenoxy) is 1. The van der Waals surface area contributed by atoms with Crippen LogP contribution in [-0.2, 0) is 4.74 Å². The molecule has 4 rings (SSSR count). The molecule has 0 amide bonds. The Labute approximate surface area is 181 Å². The number of morpholine rings is 1. The number of nitrogens with zero attached hydrogens (tertiary/aromatic N) is 4. The number of anilines is 1. The second-order valence-corrected chi connectivity index (χ2v) is 7.87. The minimum atomic E-state index is -0.246. The molecule has 2 N–H and O–H groups in total. The topological polar surface area (TPSA) is 57.3 Å². The molecule has 0 saturated carbocycles. The SMILES string of the molecule is NC(=NCC(c1cccc(F)c1)N1CCOCC1)N1CCN(c2ccc(F)cc2)CC1. The Morgan fingerprint density at radius 1 is 0.935 bits per heavy atom. The first-order valence-electron chi connectivity index (χ1n) is 10.7. The number of aliphatic imine (C=N–C) groups is 1. The van der Waals surface area contributed by atoms with Crippen LogP contribution < -0.4 is 10.6 Å². The van der Waals surface area contributed by atoms with Crippen molar-refractivity contribution < 1.29 is 13.5 Å². The van der Waals surface area contributed by atoms with Crippen molar-refractivity contribution in [1.82, 2.24) is 9.80 Å². The van der Waals surface area contributed by atoms with Crippen molar-refractivity contribution in [2.75, 3.05) is 63.9 Å². The Kier molecular flexibility index (Phi) is 6.99. The Hall–Kier alpha value is -2.71. The van der Waals surface area contributed by atoms with Gasteiger partial charge in [0.05, 0.1) is 25.8 Å². The van der Waals surface area contributed by atoms with Crippen LogP contribution in [0.3, 0.4) is 0 Å². The van der Waals surface area contributed by atoms with E-state index >= 15 is 0 Å². The van der Waals surface area contributed by atoms with Gasteiger partial charge < -0.3 is 20.3 Å². The number of hydrogen-bond donors (Lipinski definition) is 1. The monoisotopic (exact) mass is 429 g/mol. The summed E-state index contributed by atoms with van der Waals surface area (Å²) in [5, 5.41) is 0. The fourth-order valence-electron chi connectivity index (χ4n) is 4.16. The molecule has 2 aromatic rings. The molecule has 6 nitrogen and oxygen atoms in total. The zero-order valence-corrected chi connectivity index (χ0v) is 17.6. The number of piperazine rings is 1. The summed E-state index contributed by atoms with van der Waals surface area (Å²) in [7, 11) is 0. The van der Waals surface area contributed by atoms with E-state index in [1.54, 1.807) is 24.3 Å². The highest BCUT2D eigenvalue weighted by atomic mass is 19.1. The summed E-state index contributed by atoms with van der Waals surface area (Å²) in [4.78, 5) is 11.3. The second-order valence-electron chi connectivity index (χ2n) is 7.87. The third-order valence-electron chi connectivity index (χ3n) is 5.94. The van der Waals surface area contributed by atoms with Gasteiger partial charge in [0.25, 0.3) is 0 Å². The van der Waals surface area contributed by atoms with Gasteiger partial charge in [0, 0.05) is 45.0 Å². The average molecular weight is 430 g/mol. The molecular weight excluding hydrogens is 400 g/mol. The van der Waals surface area contributed by atoms with Crippen LogP contribution in [0.25, 0.3) is 0 Å². The van der Waals surface area contributed by atoms with Gasteiger partial charge in [-0.05, 0) is 42.0 Å². The highest BCUT2D eigenvalue weighted by Crippen LogP contribution is 2.23. The van der Waals surface area contributed by atoms with Gasteiger partial charge in [-0.1, -0.05) is 12.1 Å². The van der Waals surface area contributed by atoms with Crippen LogP contribution in [-0.4, -0.2) is 74.8 Å². The van der Waals surface area contributed by atoms with E-state index in [1.165, 1.54) is 18.2 Å². The van der Waals surface area contributed by atoms with E-state index in [9.17, 15) is 8.78 Å². The number of guanidine groups is 1. The zero-order valence-electron chi connectivity index (χ0n) is 17.6. The Morgan fingerprint density at radius 2 is 1.65 bits per heavy atom. The maximum Gasteiger partial charge on any atom is 0.191 e. The number of rotatable bonds is 5. The van der Waals surface area contributed by atoms with Crippen molar-refractivity contribution in [3.05, 3.63) is 65.7 Å². The van der Waals surface area contributed by atoms with Crippen molar-refractivity contribution in [3.8, 4) is 0 Å². The molecule has 0 radical (unpaired) electrons. The summed E-state index contributed by atoms with van der Waals surface area (Å²) in [6.45, 7) is 6.43. The van der Waals surface area contributed by atoms with Crippen molar-refractivity contribution in [3.63, 3.8) is 0 Å². The van der Waals surface area contributed by atoms with Crippen molar-refractivity contribution in [2.24, 2.45) is 10.7 Å². The van der Waals surface area contributed by atoms with Crippen molar-refractivity contribution in [1.29, 1.82) is 0 Å². The molecular formula is C23H29F2N5O. The number of hydrogen-bond acceptors (Lipinski definition) is 4. The Balaban J connectivity index is 1.40. The van der Waals surface area contributed by atoms with Gasteiger partial charge in [-0.25, -0.2) is 8.78 Å². The normalized spacial score (nSPS) is 19.5. The van der Waals surface area contributed by atoms with Crippen LogP contribution in [0.5, 0.6) is 0 Å². The van der Waals surface area contributed by atoms with Crippen LogP contribution in [0.1, 0.15) is 11.6 Å². The molecule has 166 valence electrons. The van der Waals surface area contributed by atoms with E-state index in [4.69, 9.17) is 10.5 Å². The summed E-state index contributed by atoms with van der Waals surface area (Å²) in [6, 6.07) is 13.2. The standard InChI is InChI=1S/C23H29F2N5O/c24-19-4-6-21(7-5-19)28-8-10-30(11-9-28)23(26)27-17-22(29-12-14-31-15-13-29)18-2-1-3-20(25)16-18/h1-7,16,22H,8-15,17H2,(H2,26,27). The Bertz CT molecular complexity index is 878. The molecule has 2 fully saturated rings.